The smallest absolute Gasteiger partial charge is 0.221 e. The number of nitrogens with zero attached hydrogens (tertiary/aromatic N) is 1. The summed E-state index contributed by atoms with van der Waals surface area (Å²) in [6, 6.07) is 6.87. The predicted octanol–water partition coefficient (Wildman–Crippen LogP) is 3.56. The summed E-state index contributed by atoms with van der Waals surface area (Å²) in [5.41, 5.74) is 2.92. The van der Waals surface area contributed by atoms with Gasteiger partial charge in [0.15, 0.2) is 5.78 Å². The van der Waals surface area contributed by atoms with E-state index in [0.717, 1.165) is 11.3 Å². The van der Waals surface area contributed by atoms with Crippen LogP contribution in [0.4, 0.5) is 5.69 Å². The van der Waals surface area contributed by atoms with E-state index in [0.29, 0.717) is 11.3 Å². The third kappa shape index (κ3) is 4.39. The van der Waals surface area contributed by atoms with Crippen LogP contribution in [0.2, 0.25) is 0 Å². The summed E-state index contributed by atoms with van der Waals surface area (Å²) >= 11 is 0. The van der Waals surface area contributed by atoms with Crippen molar-refractivity contribution < 1.29 is 9.59 Å². The number of carbonyl (C=O) groups excluding carboxylic acids is 2. The predicted molar refractivity (Wildman–Crippen MR) is 91.4 cm³/mol. The molecule has 2 N–H and O–H groups in total. The van der Waals surface area contributed by atoms with Gasteiger partial charge < -0.3 is 5.32 Å². The summed E-state index contributed by atoms with van der Waals surface area (Å²) in [5, 5.41) is 9.70. The van der Waals surface area contributed by atoms with E-state index in [1.807, 2.05) is 0 Å². The Hall–Kier alpha value is -2.69. The molecular formula is C18H21N3O2. The zero-order valence-corrected chi connectivity index (χ0v) is 13.8. The topological polar surface area (TPSA) is 74.8 Å². The van der Waals surface area contributed by atoms with E-state index >= 15 is 0 Å². The van der Waals surface area contributed by atoms with Crippen LogP contribution in [0.5, 0.6) is 0 Å². The molecule has 0 aliphatic rings. The van der Waals surface area contributed by atoms with Crippen molar-refractivity contribution >= 4 is 23.5 Å². The molecule has 0 spiro atoms. The first-order valence-electron chi connectivity index (χ1n) is 7.41. The van der Waals surface area contributed by atoms with Gasteiger partial charge in [0.2, 0.25) is 5.91 Å². The summed E-state index contributed by atoms with van der Waals surface area (Å²) in [7, 11) is 0. The summed E-state index contributed by atoms with van der Waals surface area (Å²) < 4.78 is 0. The molecule has 0 aliphatic heterocycles. The minimum absolute atomic E-state index is 0.0788. The summed E-state index contributed by atoms with van der Waals surface area (Å²) in [6.07, 6.45) is 4.99. The van der Waals surface area contributed by atoms with Crippen LogP contribution < -0.4 is 5.32 Å². The molecule has 1 aromatic heterocycles. The van der Waals surface area contributed by atoms with Crippen molar-refractivity contribution in [1.82, 2.24) is 10.2 Å². The third-order valence-electron chi connectivity index (χ3n) is 3.30. The fourth-order valence-electron chi connectivity index (χ4n) is 2.24. The van der Waals surface area contributed by atoms with E-state index in [9.17, 15) is 9.59 Å². The molecule has 120 valence electrons. The first-order valence-corrected chi connectivity index (χ1v) is 7.41. The highest BCUT2D eigenvalue weighted by atomic mass is 16.1. The number of carbonyl (C=O) groups is 2. The lowest BCUT2D eigenvalue weighted by Crippen LogP contribution is -2.13. The number of ketones is 1. The largest absolute Gasteiger partial charge is 0.326 e. The number of rotatable bonds is 4. The first-order chi connectivity index (χ1) is 10.8. The average molecular weight is 311 g/mol. The minimum atomic E-state index is -0.168. The Labute approximate surface area is 135 Å². The molecule has 2 aromatic rings. The lowest BCUT2D eigenvalue weighted by Gasteiger charge is -2.17. The van der Waals surface area contributed by atoms with Gasteiger partial charge in [0.25, 0.3) is 0 Å². The molecule has 0 unspecified atom stereocenters. The van der Waals surface area contributed by atoms with Crippen LogP contribution in [-0.2, 0) is 10.2 Å². The third-order valence-corrected chi connectivity index (χ3v) is 3.30. The van der Waals surface area contributed by atoms with E-state index < -0.39 is 0 Å². The number of allylic oxidation sites excluding steroid dienone is 1. The van der Waals surface area contributed by atoms with Gasteiger partial charge in [0, 0.05) is 34.8 Å². The summed E-state index contributed by atoms with van der Waals surface area (Å²) in [6.45, 7) is 7.67. The number of hydrogen-bond donors (Lipinski definition) is 2. The van der Waals surface area contributed by atoms with Gasteiger partial charge in [-0.2, -0.15) is 5.10 Å². The Morgan fingerprint density at radius 1 is 1.26 bits per heavy atom. The maximum absolute atomic E-state index is 12.3. The van der Waals surface area contributed by atoms with Gasteiger partial charge in [0.05, 0.1) is 6.20 Å². The van der Waals surface area contributed by atoms with Crippen LogP contribution in [0.15, 0.2) is 36.5 Å². The number of aromatic amines is 1. The maximum Gasteiger partial charge on any atom is 0.221 e. The fraction of sp³-hybridized carbons (Fsp3) is 0.278. The zero-order valence-electron chi connectivity index (χ0n) is 13.8. The lowest BCUT2D eigenvalue weighted by molar-refractivity contribution is -0.114. The molecule has 0 atom stereocenters. The molecule has 0 saturated carbocycles. The highest BCUT2D eigenvalue weighted by molar-refractivity contribution is 6.07. The van der Waals surface area contributed by atoms with Crippen molar-refractivity contribution in [2.24, 2.45) is 0 Å². The minimum Gasteiger partial charge on any atom is -0.326 e. The van der Waals surface area contributed by atoms with Gasteiger partial charge in [-0.15, -0.1) is 0 Å². The fourth-order valence-corrected chi connectivity index (χ4v) is 2.24. The van der Waals surface area contributed by atoms with Gasteiger partial charge in [-0.1, -0.05) is 32.9 Å². The number of nitrogens with one attached hydrogen (secondary N) is 2. The normalized spacial score (nSPS) is 11.7. The number of amides is 1. The highest BCUT2D eigenvalue weighted by Gasteiger charge is 2.18. The second-order valence-corrected chi connectivity index (χ2v) is 6.41. The number of anilines is 1. The summed E-state index contributed by atoms with van der Waals surface area (Å²) in [4.78, 5) is 23.4. The van der Waals surface area contributed by atoms with Gasteiger partial charge in [-0.3, -0.25) is 14.7 Å². The Morgan fingerprint density at radius 2 is 2.00 bits per heavy atom. The second kappa shape index (κ2) is 6.60. The van der Waals surface area contributed by atoms with Crippen LogP contribution in [0, 0.1) is 0 Å². The molecule has 0 saturated heterocycles. The maximum atomic E-state index is 12.3. The van der Waals surface area contributed by atoms with Crippen molar-refractivity contribution in [2.75, 3.05) is 5.32 Å². The van der Waals surface area contributed by atoms with E-state index in [1.54, 1.807) is 36.5 Å². The molecule has 1 amide bonds. The van der Waals surface area contributed by atoms with Crippen molar-refractivity contribution in [3.63, 3.8) is 0 Å². The molecular weight excluding hydrogens is 290 g/mol. The number of aromatic nitrogens is 2. The molecule has 23 heavy (non-hydrogen) atoms. The molecule has 5 heteroatoms. The van der Waals surface area contributed by atoms with Gasteiger partial charge >= 0.3 is 0 Å². The lowest BCUT2D eigenvalue weighted by atomic mass is 9.89. The molecule has 0 bridgehead atoms. The van der Waals surface area contributed by atoms with E-state index in [-0.39, 0.29) is 17.1 Å². The molecule has 0 radical (unpaired) electrons. The Morgan fingerprint density at radius 3 is 2.65 bits per heavy atom. The van der Waals surface area contributed by atoms with Crippen LogP contribution in [0.3, 0.4) is 0 Å². The first kappa shape index (κ1) is 16.7. The monoisotopic (exact) mass is 311 g/mol. The molecule has 0 fully saturated rings. The zero-order chi connectivity index (χ0) is 17.0. The van der Waals surface area contributed by atoms with E-state index in [1.165, 1.54) is 13.0 Å². The van der Waals surface area contributed by atoms with Crippen LogP contribution in [0.25, 0.3) is 6.08 Å². The van der Waals surface area contributed by atoms with Crippen molar-refractivity contribution in [3.8, 4) is 0 Å². The van der Waals surface area contributed by atoms with Crippen molar-refractivity contribution in [3.05, 3.63) is 53.4 Å². The number of benzene rings is 1. The molecule has 1 heterocycles. The van der Waals surface area contributed by atoms with Crippen LogP contribution in [0.1, 0.15) is 49.3 Å². The van der Waals surface area contributed by atoms with Crippen molar-refractivity contribution in [2.45, 2.75) is 33.1 Å². The van der Waals surface area contributed by atoms with Gasteiger partial charge in [0.1, 0.15) is 0 Å². The van der Waals surface area contributed by atoms with Crippen LogP contribution in [-0.4, -0.2) is 21.9 Å². The molecule has 1 aromatic carbocycles. The van der Waals surface area contributed by atoms with Crippen molar-refractivity contribution in [1.29, 1.82) is 0 Å². The SMILES string of the molecule is CC(=O)Nc1cccc(C(=O)/C=C/c2cn[nH]c2C(C)(C)C)c1. The Bertz CT molecular complexity index is 752. The van der Waals surface area contributed by atoms with Gasteiger partial charge in [-0.05, 0) is 24.3 Å². The average Bonchev–Trinajstić information content (AvgIpc) is 2.93. The highest BCUT2D eigenvalue weighted by Crippen LogP contribution is 2.24. The molecule has 2 rings (SSSR count). The standard InChI is InChI=1S/C18H21N3O2/c1-12(22)20-15-7-5-6-13(10-15)16(23)9-8-14-11-19-21-17(14)18(2,3)4/h5-11H,1-4H3,(H,19,21)(H,20,22)/b9-8+. The summed E-state index contributed by atoms with van der Waals surface area (Å²) in [5.74, 6) is -0.295. The van der Waals surface area contributed by atoms with Crippen LogP contribution >= 0.6 is 0 Å². The number of H-pyrrole nitrogens is 1. The quantitative estimate of drug-likeness (QED) is 0.669. The van der Waals surface area contributed by atoms with E-state index in [4.69, 9.17) is 0 Å². The number of hydrogen-bond acceptors (Lipinski definition) is 3. The molecule has 5 nitrogen and oxygen atoms in total. The van der Waals surface area contributed by atoms with E-state index in [2.05, 4.69) is 36.3 Å². The molecule has 0 aliphatic carbocycles. The Kier molecular flexibility index (Phi) is 4.79. The van der Waals surface area contributed by atoms with Gasteiger partial charge in [-0.25, -0.2) is 0 Å². The Balaban J connectivity index is 2.19. The second-order valence-electron chi connectivity index (χ2n) is 6.41.